The zero-order valence-electron chi connectivity index (χ0n) is 8.17. The van der Waals surface area contributed by atoms with Crippen molar-refractivity contribution in [2.24, 2.45) is 0 Å². The molecule has 4 nitrogen and oxygen atoms in total. The number of unbranched alkanes of at least 4 members (excludes halogenated alkanes) is 1. The largest absolute Gasteiger partial charge is 0.381 e. The molecule has 4 heteroatoms. The monoisotopic (exact) mass is 180 g/mol. The minimum atomic E-state index is 0.853. The summed E-state index contributed by atoms with van der Waals surface area (Å²) in [5.41, 5.74) is 0.971. The summed E-state index contributed by atoms with van der Waals surface area (Å²) in [5.74, 6) is 0.853. The molecule has 1 rings (SSSR count). The van der Waals surface area contributed by atoms with E-state index >= 15 is 0 Å². The summed E-state index contributed by atoms with van der Waals surface area (Å²) in [4.78, 5) is 8.05. The minimum absolute atomic E-state index is 0.853. The molecule has 0 radical (unpaired) electrons. The first-order chi connectivity index (χ1) is 6.38. The molecule has 0 saturated heterocycles. The van der Waals surface area contributed by atoms with Crippen LogP contribution < -0.4 is 10.6 Å². The van der Waals surface area contributed by atoms with Gasteiger partial charge < -0.3 is 10.6 Å². The van der Waals surface area contributed by atoms with Gasteiger partial charge in [0, 0.05) is 13.6 Å². The fourth-order valence-corrected chi connectivity index (χ4v) is 1.06. The molecule has 1 heterocycles. The molecule has 0 atom stereocenters. The van der Waals surface area contributed by atoms with Gasteiger partial charge in [0.1, 0.15) is 6.33 Å². The highest BCUT2D eigenvalue weighted by Gasteiger charge is 1.99. The van der Waals surface area contributed by atoms with Crippen LogP contribution in [0.5, 0.6) is 0 Å². The van der Waals surface area contributed by atoms with Crippen molar-refractivity contribution in [2.45, 2.75) is 19.8 Å². The molecule has 0 amide bonds. The lowest BCUT2D eigenvalue weighted by Gasteiger charge is -2.08. The van der Waals surface area contributed by atoms with Crippen LogP contribution in [0.2, 0.25) is 0 Å². The first kappa shape index (κ1) is 9.77. The van der Waals surface area contributed by atoms with Gasteiger partial charge in [0.15, 0.2) is 5.82 Å². The maximum absolute atomic E-state index is 4.09. The number of aromatic nitrogens is 2. The van der Waals surface area contributed by atoms with E-state index in [9.17, 15) is 0 Å². The number of hydrogen-bond donors (Lipinski definition) is 2. The molecule has 2 N–H and O–H groups in total. The molecule has 0 aliphatic carbocycles. The highest BCUT2D eigenvalue weighted by atomic mass is 15.0. The van der Waals surface area contributed by atoms with E-state index in [1.54, 1.807) is 6.20 Å². The molecule has 0 spiro atoms. The van der Waals surface area contributed by atoms with E-state index in [2.05, 4.69) is 27.5 Å². The lowest BCUT2D eigenvalue weighted by Crippen LogP contribution is -2.05. The predicted octanol–water partition coefficient (Wildman–Crippen LogP) is 1.73. The molecule has 0 saturated carbocycles. The van der Waals surface area contributed by atoms with Crippen LogP contribution in [-0.4, -0.2) is 23.6 Å². The maximum Gasteiger partial charge on any atom is 0.152 e. The van der Waals surface area contributed by atoms with Gasteiger partial charge in [-0.25, -0.2) is 9.97 Å². The van der Waals surface area contributed by atoms with E-state index in [1.165, 1.54) is 12.7 Å². The average molecular weight is 180 g/mol. The zero-order chi connectivity index (χ0) is 9.52. The smallest absolute Gasteiger partial charge is 0.152 e. The van der Waals surface area contributed by atoms with Crippen LogP contribution in [0, 0.1) is 0 Å². The highest BCUT2D eigenvalue weighted by molar-refractivity contribution is 5.62. The molecule has 1 aromatic rings. The van der Waals surface area contributed by atoms with Gasteiger partial charge in [0.25, 0.3) is 0 Å². The van der Waals surface area contributed by atoms with E-state index in [0.29, 0.717) is 0 Å². The molecule has 0 aliphatic heterocycles. The van der Waals surface area contributed by atoms with Crippen LogP contribution in [0.3, 0.4) is 0 Å². The molecular formula is C9H16N4. The third-order valence-corrected chi connectivity index (χ3v) is 1.79. The van der Waals surface area contributed by atoms with Crippen molar-refractivity contribution >= 4 is 11.5 Å². The minimum Gasteiger partial charge on any atom is -0.381 e. The van der Waals surface area contributed by atoms with Gasteiger partial charge in [-0.15, -0.1) is 0 Å². The van der Waals surface area contributed by atoms with Crippen molar-refractivity contribution in [3.8, 4) is 0 Å². The molecule has 72 valence electrons. The van der Waals surface area contributed by atoms with Crippen molar-refractivity contribution < 1.29 is 0 Å². The van der Waals surface area contributed by atoms with Gasteiger partial charge in [-0.05, 0) is 6.42 Å². The first-order valence-electron chi connectivity index (χ1n) is 4.60. The molecule has 13 heavy (non-hydrogen) atoms. The Hall–Kier alpha value is -1.32. The third-order valence-electron chi connectivity index (χ3n) is 1.79. The first-order valence-corrected chi connectivity index (χ1v) is 4.60. The SMILES string of the molecule is CCCCNc1cncnc1NC. The van der Waals surface area contributed by atoms with Gasteiger partial charge in [-0.2, -0.15) is 0 Å². The number of nitrogens with zero attached hydrogens (tertiary/aromatic N) is 2. The molecule has 0 fully saturated rings. The molecular weight excluding hydrogens is 164 g/mol. The quantitative estimate of drug-likeness (QED) is 0.677. The Morgan fingerprint density at radius 3 is 3.00 bits per heavy atom. The zero-order valence-corrected chi connectivity index (χ0v) is 8.17. The molecule has 0 unspecified atom stereocenters. The number of hydrogen-bond acceptors (Lipinski definition) is 4. The van der Waals surface area contributed by atoms with Crippen molar-refractivity contribution in [1.82, 2.24) is 9.97 Å². The normalized spacial score (nSPS) is 9.69. The van der Waals surface area contributed by atoms with Gasteiger partial charge in [-0.1, -0.05) is 13.3 Å². The highest BCUT2D eigenvalue weighted by Crippen LogP contribution is 2.14. The Bertz CT molecular complexity index is 249. The fraction of sp³-hybridized carbons (Fsp3) is 0.556. The third kappa shape index (κ3) is 2.89. The summed E-state index contributed by atoms with van der Waals surface area (Å²) in [6.07, 6.45) is 5.68. The fourth-order valence-electron chi connectivity index (χ4n) is 1.06. The second kappa shape index (κ2) is 5.35. The molecule has 1 aromatic heterocycles. The van der Waals surface area contributed by atoms with Crippen molar-refractivity contribution in [1.29, 1.82) is 0 Å². The van der Waals surface area contributed by atoms with E-state index in [1.807, 2.05) is 7.05 Å². The Balaban J connectivity index is 2.54. The molecule has 0 bridgehead atoms. The van der Waals surface area contributed by atoms with E-state index < -0.39 is 0 Å². The summed E-state index contributed by atoms with van der Waals surface area (Å²) in [7, 11) is 1.85. The van der Waals surface area contributed by atoms with Gasteiger partial charge in [0.05, 0.1) is 11.9 Å². The van der Waals surface area contributed by atoms with Crippen molar-refractivity contribution in [3.05, 3.63) is 12.5 Å². The van der Waals surface area contributed by atoms with Crippen LogP contribution in [0.1, 0.15) is 19.8 Å². The number of anilines is 2. The van der Waals surface area contributed by atoms with Crippen LogP contribution in [-0.2, 0) is 0 Å². The lowest BCUT2D eigenvalue weighted by atomic mass is 10.3. The number of rotatable bonds is 5. The Labute approximate surface area is 78.8 Å². The Morgan fingerprint density at radius 2 is 2.31 bits per heavy atom. The molecule has 0 aliphatic rings. The summed E-state index contributed by atoms with van der Waals surface area (Å²) in [6.45, 7) is 3.14. The summed E-state index contributed by atoms with van der Waals surface area (Å²) in [6, 6.07) is 0. The van der Waals surface area contributed by atoms with Gasteiger partial charge in [-0.3, -0.25) is 0 Å². The van der Waals surface area contributed by atoms with Gasteiger partial charge >= 0.3 is 0 Å². The second-order valence-electron chi connectivity index (χ2n) is 2.82. The van der Waals surface area contributed by atoms with Gasteiger partial charge in [0.2, 0.25) is 0 Å². The summed E-state index contributed by atoms with van der Waals surface area (Å²) in [5, 5.41) is 6.29. The summed E-state index contributed by atoms with van der Waals surface area (Å²) >= 11 is 0. The Morgan fingerprint density at radius 1 is 1.46 bits per heavy atom. The van der Waals surface area contributed by atoms with Crippen LogP contribution in [0.4, 0.5) is 11.5 Å². The van der Waals surface area contributed by atoms with Crippen LogP contribution in [0.15, 0.2) is 12.5 Å². The van der Waals surface area contributed by atoms with E-state index in [0.717, 1.165) is 24.5 Å². The van der Waals surface area contributed by atoms with Crippen LogP contribution in [0.25, 0.3) is 0 Å². The van der Waals surface area contributed by atoms with Crippen molar-refractivity contribution in [3.63, 3.8) is 0 Å². The lowest BCUT2D eigenvalue weighted by molar-refractivity contribution is 0.833. The standard InChI is InChI=1S/C9H16N4/c1-3-4-5-12-8-6-11-7-13-9(8)10-2/h6-7,12H,3-5H2,1-2H3,(H,10,11,13). The van der Waals surface area contributed by atoms with Crippen LogP contribution >= 0.6 is 0 Å². The second-order valence-corrected chi connectivity index (χ2v) is 2.82. The summed E-state index contributed by atoms with van der Waals surface area (Å²) < 4.78 is 0. The van der Waals surface area contributed by atoms with E-state index in [4.69, 9.17) is 0 Å². The topological polar surface area (TPSA) is 49.8 Å². The predicted molar refractivity (Wildman–Crippen MR) is 55.0 cm³/mol. The average Bonchev–Trinajstić information content (AvgIpc) is 2.19. The van der Waals surface area contributed by atoms with E-state index in [-0.39, 0.29) is 0 Å². The van der Waals surface area contributed by atoms with Crippen molar-refractivity contribution in [2.75, 3.05) is 24.2 Å². The Kier molecular flexibility index (Phi) is 4.02. The maximum atomic E-state index is 4.09. The molecule has 0 aromatic carbocycles. The number of nitrogens with one attached hydrogen (secondary N) is 2.